The molecule has 0 spiro atoms. The van der Waals surface area contributed by atoms with E-state index in [1.165, 1.54) is 12.1 Å². The maximum absolute atomic E-state index is 14.1. The van der Waals surface area contributed by atoms with Gasteiger partial charge in [0.2, 0.25) is 0 Å². The van der Waals surface area contributed by atoms with E-state index in [1.807, 2.05) is 0 Å². The van der Waals surface area contributed by atoms with E-state index < -0.39 is 11.6 Å². The van der Waals surface area contributed by atoms with Gasteiger partial charge in [0.25, 0.3) is 0 Å². The maximum Gasteiger partial charge on any atom is 0.130 e. The van der Waals surface area contributed by atoms with Gasteiger partial charge in [-0.25, -0.2) is 8.78 Å². The molecule has 1 saturated carbocycles. The van der Waals surface area contributed by atoms with Gasteiger partial charge in [-0.1, -0.05) is 6.07 Å². The standard InChI is InChI=1S/C16H21F2NO2/c17-11-1-2-14(15(18)9-11)16(10-7-13(20)8-10)19-12-3-5-21-6-4-12/h1-2,9-10,12-13,16,19-20H,3-8H2/t10?,13?,16-/m0/s1. The van der Waals surface area contributed by atoms with E-state index in [4.69, 9.17) is 4.74 Å². The second-order valence-corrected chi connectivity index (χ2v) is 6.08. The lowest BCUT2D eigenvalue weighted by Crippen LogP contribution is -2.45. The van der Waals surface area contributed by atoms with Gasteiger partial charge in [0.05, 0.1) is 6.10 Å². The van der Waals surface area contributed by atoms with Gasteiger partial charge in [-0.3, -0.25) is 0 Å². The molecule has 0 unspecified atom stereocenters. The first-order chi connectivity index (χ1) is 10.1. The summed E-state index contributed by atoms with van der Waals surface area (Å²) in [5, 5.41) is 13.0. The lowest BCUT2D eigenvalue weighted by Gasteiger charge is -2.40. The van der Waals surface area contributed by atoms with Crippen LogP contribution in [0.5, 0.6) is 0 Å². The van der Waals surface area contributed by atoms with Gasteiger partial charge >= 0.3 is 0 Å². The van der Waals surface area contributed by atoms with Crippen LogP contribution in [0.2, 0.25) is 0 Å². The van der Waals surface area contributed by atoms with Crippen molar-refractivity contribution < 1.29 is 18.6 Å². The summed E-state index contributed by atoms with van der Waals surface area (Å²) < 4.78 is 32.6. The molecule has 1 aromatic carbocycles. The number of aliphatic hydroxyl groups excluding tert-OH is 1. The number of hydrogen-bond donors (Lipinski definition) is 2. The third-order valence-electron chi connectivity index (χ3n) is 4.56. The Labute approximate surface area is 123 Å². The highest BCUT2D eigenvalue weighted by molar-refractivity contribution is 5.24. The molecule has 0 radical (unpaired) electrons. The number of nitrogens with one attached hydrogen (secondary N) is 1. The molecule has 0 amide bonds. The molecule has 0 aromatic heterocycles. The van der Waals surface area contributed by atoms with Crippen LogP contribution in [-0.2, 0) is 4.74 Å². The lowest BCUT2D eigenvalue weighted by molar-refractivity contribution is 0.0139. The Morgan fingerprint density at radius 2 is 1.90 bits per heavy atom. The Hall–Kier alpha value is -1.04. The molecule has 1 heterocycles. The zero-order chi connectivity index (χ0) is 14.8. The molecule has 2 aliphatic rings. The number of halogens is 2. The molecule has 1 saturated heterocycles. The van der Waals surface area contributed by atoms with Gasteiger partial charge in [0.15, 0.2) is 0 Å². The van der Waals surface area contributed by atoms with Crippen molar-refractivity contribution >= 4 is 0 Å². The quantitative estimate of drug-likeness (QED) is 0.897. The van der Waals surface area contributed by atoms with Gasteiger partial charge in [0.1, 0.15) is 11.6 Å². The molecule has 1 aliphatic carbocycles. The van der Waals surface area contributed by atoms with Crippen molar-refractivity contribution in [2.45, 2.75) is 43.9 Å². The van der Waals surface area contributed by atoms with Crippen LogP contribution in [-0.4, -0.2) is 30.5 Å². The number of hydrogen-bond acceptors (Lipinski definition) is 3. The van der Waals surface area contributed by atoms with Crippen molar-refractivity contribution in [3.8, 4) is 0 Å². The Morgan fingerprint density at radius 3 is 2.52 bits per heavy atom. The van der Waals surface area contributed by atoms with E-state index >= 15 is 0 Å². The fourth-order valence-electron chi connectivity index (χ4n) is 3.25. The molecule has 0 bridgehead atoms. The molecule has 21 heavy (non-hydrogen) atoms. The van der Waals surface area contributed by atoms with E-state index in [0.29, 0.717) is 31.6 Å². The highest BCUT2D eigenvalue weighted by Gasteiger charge is 2.37. The zero-order valence-electron chi connectivity index (χ0n) is 11.9. The van der Waals surface area contributed by atoms with Crippen LogP contribution in [0, 0.1) is 17.6 Å². The van der Waals surface area contributed by atoms with Crippen molar-refractivity contribution in [3.63, 3.8) is 0 Å². The predicted molar refractivity (Wildman–Crippen MR) is 74.8 cm³/mol. The van der Waals surface area contributed by atoms with Crippen molar-refractivity contribution in [1.29, 1.82) is 0 Å². The Kier molecular flexibility index (Phi) is 4.52. The topological polar surface area (TPSA) is 41.5 Å². The highest BCUT2D eigenvalue weighted by Crippen LogP contribution is 2.39. The summed E-state index contributed by atoms with van der Waals surface area (Å²) in [7, 11) is 0. The summed E-state index contributed by atoms with van der Waals surface area (Å²) in [6, 6.07) is 3.87. The second kappa shape index (κ2) is 6.38. The minimum Gasteiger partial charge on any atom is -0.393 e. The third-order valence-corrected chi connectivity index (χ3v) is 4.56. The molecule has 2 N–H and O–H groups in total. The second-order valence-electron chi connectivity index (χ2n) is 6.08. The highest BCUT2D eigenvalue weighted by atomic mass is 19.1. The number of benzene rings is 1. The van der Waals surface area contributed by atoms with E-state index in [9.17, 15) is 13.9 Å². The normalized spacial score (nSPS) is 28.1. The van der Waals surface area contributed by atoms with Crippen LogP contribution in [0.25, 0.3) is 0 Å². The maximum atomic E-state index is 14.1. The molecule has 116 valence electrons. The fraction of sp³-hybridized carbons (Fsp3) is 0.625. The molecule has 1 atom stereocenters. The monoisotopic (exact) mass is 297 g/mol. The van der Waals surface area contributed by atoms with Crippen molar-refractivity contribution in [2.24, 2.45) is 5.92 Å². The summed E-state index contributed by atoms with van der Waals surface area (Å²) in [4.78, 5) is 0. The molecule has 1 aliphatic heterocycles. The number of aliphatic hydroxyl groups is 1. The fourth-order valence-corrected chi connectivity index (χ4v) is 3.25. The van der Waals surface area contributed by atoms with E-state index in [1.54, 1.807) is 0 Å². The summed E-state index contributed by atoms with van der Waals surface area (Å²) in [5.74, 6) is -0.876. The minimum atomic E-state index is -0.560. The number of rotatable bonds is 4. The van der Waals surface area contributed by atoms with Crippen LogP contribution in [0.3, 0.4) is 0 Å². The summed E-state index contributed by atoms with van der Waals surface area (Å²) in [6.07, 6.45) is 2.83. The molecule has 3 rings (SSSR count). The first-order valence-electron chi connectivity index (χ1n) is 7.60. The molecule has 2 fully saturated rings. The Bertz CT molecular complexity index is 485. The van der Waals surface area contributed by atoms with Gasteiger partial charge < -0.3 is 15.2 Å². The third kappa shape index (κ3) is 3.42. The van der Waals surface area contributed by atoms with Crippen molar-refractivity contribution in [1.82, 2.24) is 5.32 Å². The SMILES string of the molecule is OC1CC([C@H](NC2CCOCC2)c2ccc(F)cc2F)C1. The Morgan fingerprint density at radius 1 is 1.19 bits per heavy atom. The average Bonchev–Trinajstić information content (AvgIpc) is 2.43. The number of ether oxygens (including phenoxy) is 1. The van der Waals surface area contributed by atoms with Crippen LogP contribution in [0.15, 0.2) is 18.2 Å². The molecular formula is C16H21F2NO2. The summed E-state index contributed by atoms with van der Waals surface area (Å²) in [5.41, 5.74) is 0.500. The van der Waals surface area contributed by atoms with Gasteiger partial charge in [-0.2, -0.15) is 0 Å². The smallest absolute Gasteiger partial charge is 0.130 e. The van der Waals surface area contributed by atoms with Crippen LogP contribution >= 0.6 is 0 Å². The van der Waals surface area contributed by atoms with Crippen LogP contribution in [0.1, 0.15) is 37.3 Å². The van der Waals surface area contributed by atoms with Gasteiger partial charge in [-0.05, 0) is 37.7 Å². The summed E-state index contributed by atoms with van der Waals surface area (Å²) >= 11 is 0. The molecule has 1 aromatic rings. The molecule has 3 nitrogen and oxygen atoms in total. The van der Waals surface area contributed by atoms with E-state index in [-0.39, 0.29) is 24.1 Å². The van der Waals surface area contributed by atoms with Crippen LogP contribution in [0.4, 0.5) is 8.78 Å². The zero-order valence-corrected chi connectivity index (χ0v) is 11.9. The largest absolute Gasteiger partial charge is 0.393 e. The van der Waals surface area contributed by atoms with E-state index in [2.05, 4.69) is 5.32 Å². The predicted octanol–water partition coefficient (Wildman–Crippen LogP) is 2.55. The Balaban J connectivity index is 1.77. The van der Waals surface area contributed by atoms with Crippen molar-refractivity contribution in [2.75, 3.05) is 13.2 Å². The van der Waals surface area contributed by atoms with Crippen LogP contribution < -0.4 is 5.32 Å². The average molecular weight is 297 g/mol. The molecule has 5 heteroatoms. The first-order valence-corrected chi connectivity index (χ1v) is 7.60. The minimum absolute atomic E-state index is 0.169. The van der Waals surface area contributed by atoms with Gasteiger partial charge in [0, 0.05) is 36.9 Å². The summed E-state index contributed by atoms with van der Waals surface area (Å²) in [6.45, 7) is 1.42. The van der Waals surface area contributed by atoms with E-state index in [0.717, 1.165) is 18.9 Å². The van der Waals surface area contributed by atoms with Crippen molar-refractivity contribution in [3.05, 3.63) is 35.4 Å². The molecular weight excluding hydrogens is 276 g/mol. The van der Waals surface area contributed by atoms with Gasteiger partial charge in [-0.15, -0.1) is 0 Å². The first kappa shape index (κ1) is 14.9. The lowest BCUT2D eigenvalue weighted by atomic mass is 9.74.